The van der Waals surface area contributed by atoms with E-state index in [0.29, 0.717) is 24.4 Å². The van der Waals surface area contributed by atoms with E-state index >= 15 is 0 Å². The van der Waals surface area contributed by atoms with Gasteiger partial charge in [0, 0.05) is 19.1 Å². The van der Waals surface area contributed by atoms with Gasteiger partial charge in [0.1, 0.15) is 0 Å². The van der Waals surface area contributed by atoms with Crippen LogP contribution in [0.5, 0.6) is 0 Å². The lowest BCUT2D eigenvalue weighted by Crippen LogP contribution is -2.44. The van der Waals surface area contributed by atoms with Crippen molar-refractivity contribution in [1.29, 1.82) is 0 Å². The molecule has 0 spiro atoms. The van der Waals surface area contributed by atoms with Crippen LogP contribution in [0.1, 0.15) is 37.7 Å². The van der Waals surface area contributed by atoms with Crippen molar-refractivity contribution in [2.75, 3.05) is 20.1 Å². The van der Waals surface area contributed by atoms with Crippen LogP contribution < -0.4 is 0 Å². The standard InChI is InChI=1S/C19H27F3N2O2S/c1-14-4-3-5-18(12-14)27(25,26)23(2)16-6-7-17(13-16)24-10-8-15(9-11-24)19(20,21)22/h3-5,12,15-17H,6-11,13H2,1-2H3. The normalized spacial score (nSPS) is 26.0. The zero-order valence-electron chi connectivity index (χ0n) is 15.7. The van der Waals surface area contributed by atoms with Gasteiger partial charge >= 0.3 is 6.18 Å². The molecule has 27 heavy (non-hydrogen) atoms. The fourth-order valence-electron chi connectivity index (χ4n) is 4.33. The first-order valence-corrected chi connectivity index (χ1v) is 10.9. The molecule has 0 bridgehead atoms. The molecule has 0 radical (unpaired) electrons. The number of hydrogen-bond acceptors (Lipinski definition) is 3. The summed E-state index contributed by atoms with van der Waals surface area (Å²) in [5.41, 5.74) is 0.890. The predicted molar refractivity (Wildman–Crippen MR) is 97.9 cm³/mol. The zero-order chi connectivity index (χ0) is 19.8. The molecule has 0 amide bonds. The molecule has 2 unspecified atom stereocenters. The number of rotatable bonds is 4. The van der Waals surface area contributed by atoms with Gasteiger partial charge in [-0.3, -0.25) is 0 Å². The van der Waals surface area contributed by atoms with E-state index in [2.05, 4.69) is 4.90 Å². The van der Waals surface area contributed by atoms with Crippen molar-refractivity contribution in [1.82, 2.24) is 9.21 Å². The van der Waals surface area contributed by atoms with Crippen molar-refractivity contribution in [3.05, 3.63) is 29.8 Å². The molecule has 0 N–H and O–H groups in total. The van der Waals surface area contributed by atoms with Gasteiger partial charge in [-0.2, -0.15) is 17.5 Å². The second-order valence-corrected chi connectivity index (χ2v) is 9.81. The van der Waals surface area contributed by atoms with Crippen LogP contribution in [0.2, 0.25) is 0 Å². The van der Waals surface area contributed by atoms with Crippen molar-refractivity contribution < 1.29 is 21.6 Å². The molecule has 1 aliphatic heterocycles. The Labute approximate surface area is 159 Å². The van der Waals surface area contributed by atoms with E-state index in [4.69, 9.17) is 0 Å². The fraction of sp³-hybridized carbons (Fsp3) is 0.684. The average Bonchev–Trinajstić information content (AvgIpc) is 3.10. The van der Waals surface area contributed by atoms with Gasteiger partial charge in [-0.15, -0.1) is 0 Å². The number of benzene rings is 1. The van der Waals surface area contributed by atoms with E-state index in [-0.39, 0.29) is 24.9 Å². The topological polar surface area (TPSA) is 40.6 Å². The third-order valence-electron chi connectivity index (χ3n) is 6.07. The first kappa shape index (κ1) is 20.6. The number of halogens is 3. The van der Waals surface area contributed by atoms with E-state index < -0.39 is 22.1 Å². The molecule has 1 heterocycles. The summed E-state index contributed by atoms with van der Waals surface area (Å²) in [6, 6.07) is 6.92. The van der Waals surface area contributed by atoms with Gasteiger partial charge in [0.25, 0.3) is 0 Å². The van der Waals surface area contributed by atoms with E-state index in [9.17, 15) is 21.6 Å². The summed E-state index contributed by atoms with van der Waals surface area (Å²) < 4.78 is 65.8. The van der Waals surface area contributed by atoms with Crippen molar-refractivity contribution in [3.63, 3.8) is 0 Å². The lowest BCUT2D eigenvalue weighted by Gasteiger charge is -2.37. The van der Waals surface area contributed by atoms with Crippen molar-refractivity contribution in [2.24, 2.45) is 5.92 Å². The summed E-state index contributed by atoms with van der Waals surface area (Å²) in [4.78, 5) is 2.41. The SMILES string of the molecule is Cc1cccc(S(=O)(=O)N(C)C2CCC(N3CCC(C(F)(F)F)CC3)C2)c1. The highest BCUT2D eigenvalue weighted by Gasteiger charge is 2.43. The molecule has 2 fully saturated rings. The molecule has 1 saturated heterocycles. The average molecular weight is 404 g/mol. The summed E-state index contributed by atoms with van der Waals surface area (Å²) in [6.07, 6.45) is -1.57. The number of piperidine rings is 1. The molecule has 0 aromatic heterocycles. The second-order valence-electron chi connectivity index (χ2n) is 7.81. The maximum atomic E-state index is 12.9. The number of aryl methyl sites for hydroxylation is 1. The van der Waals surface area contributed by atoms with E-state index in [1.54, 1.807) is 25.2 Å². The van der Waals surface area contributed by atoms with Crippen LogP contribution in [-0.2, 0) is 10.0 Å². The van der Waals surface area contributed by atoms with Crippen LogP contribution in [-0.4, -0.2) is 56.0 Å². The van der Waals surface area contributed by atoms with E-state index in [1.807, 2.05) is 13.0 Å². The Kier molecular flexibility index (Phi) is 5.89. The molecule has 2 aliphatic rings. The third-order valence-corrected chi connectivity index (χ3v) is 7.97. The lowest BCUT2D eigenvalue weighted by atomic mass is 9.95. The highest BCUT2D eigenvalue weighted by Crippen LogP contribution is 2.37. The Morgan fingerprint density at radius 2 is 1.78 bits per heavy atom. The molecular formula is C19H27F3N2O2S. The molecule has 3 rings (SSSR count). The fourth-order valence-corrected chi connectivity index (χ4v) is 5.83. The van der Waals surface area contributed by atoms with Crippen molar-refractivity contribution >= 4 is 10.0 Å². The molecule has 152 valence electrons. The Hall–Kier alpha value is -1.12. The number of alkyl halides is 3. The van der Waals surface area contributed by atoms with Crippen LogP contribution in [0.15, 0.2) is 29.2 Å². The van der Waals surface area contributed by atoms with E-state index in [0.717, 1.165) is 18.4 Å². The lowest BCUT2D eigenvalue weighted by molar-refractivity contribution is -0.186. The molecule has 1 aliphatic carbocycles. The van der Waals surface area contributed by atoms with Gasteiger partial charge in [0.15, 0.2) is 0 Å². The molecule has 1 aromatic rings. The van der Waals surface area contributed by atoms with Crippen LogP contribution >= 0.6 is 0 Å². The largest absolute Gasteiger partial charge is 0.391 e. The summed E-state index contributed by atoms with van der Waals surface area (Å²) >= 11 is 0. The minimum Gasteiger partial charge on any atom is -0.300 e. The van der Waals surface area contributed by atoms with Gasteiger partial charge in [-0.05, 0) is 69.8 Å². The zero-order valence-corrected chi connectivity index (χ0v) is 16.6. The second kappa shape index (κ2) is 7.72. The number of hydrogen-bond donors (Lipinski definition) is 0. The summed E-state index contributed by atoms with van der Waals surface area (Å²) in [5, 5.41) is 0. The van der Waals surface area contributed by atoms with Crippen LogP contribution in [0.25, 0.3) is 0 Å². The monoisotopic (exact) mass is 404 g/mol. The summed E-state index contributed by atoms with van der Waals surface area (Å²) in [7, 11) is -1.95. The number of nitrogens with zero attached hydrogens (tertiary/aromatic N) is 2. The van der Waals surface area contributed by atoms with Crippen LogP contribution in [0.4, 0.5) is 13.2 Å². The summed E-state index contributed by atoms with van der Waals surface area (Å²) in [6.45, 7) is 2.74. The highest BCUT2D eigenvalue weighted by molar-refractivity contribution is 7.89. The molecule has 1 aromatic carbocycles. The minimum atomic E-state index is -4.10. The third kappa shape index (κ3) is 4.49. The molecule has 4 nitrogen and oxygen atoms in total. The van der Waals surface area contributed by atoms with Gasteiger partial charge in [-0.25, -0.2) is 8.42 Å². The minimum absolute atomic E-state index is 0.110. The van der Waals surface area contributed by atoms with Gasteiger partial charge < -0.3 is 4.90 Å². The van der Waals surface area contributed by atoms with Gasteiger partial charge in [0.05, 0.1) is 10.8 Å². The number of likely N-dealkylation sites (tertiary alicyclic amines) is 1. The molecule has 8 heteroatoms. The smallest absolute Gasteiger partial charge is 0.300 e. The summed E-state index contributed by atoms with van der Waals surface area (Å²) in [5.74, 6) is -1.20. The molecule has 1 saturated carbocycles. The maximum Gasteiger partial charge on any atom is 0.391 e. The van der Waals surface area contributed by atoms with Crippen molar-refractivity contribution in [3.8, 4) is 0 Å². The molecular weight excluding hydrogens is 377 g/mol. The van der Waals surface area contributed by atoms with Crippen LogP contribution in [0.3, 0.4) is 0 Å². The Morgan fingerprint density at radius 3 is 2.37 bits per heavy atom. The first-order valence-electron chi connectivity index (χ1n) is 9.44. The van der Waals surface area contributed by atoms with E-state index in [1.165, 1.54) is 4.31 Å². The highest BCUT2D eigenvalue weighted by atomic mass is 32.2. The van der Waals surface area contributed by atoms with Crippen LogP contribution in [0, 0.1) is 12.8 Å². The number of sulfonamides is 1. The first-order chi connectivity index (χ1) is 12.6. The predicted octanol–water partition coefficient (Wildman–Crippen LogP) is 3.81. The van der Waals surface area contributed by atoms with Crippen molar-refractivity contribution in [2.45, 2.75) is 62.2 Å². The maximum absolute atomic E-state index is 12.9. The van der Waals surface area contributed by atoms with Gasteiger partial charge in [0.2, 0.25) is 10.0 Å². The Balaban J connectivity index is 1.61. The Bertz CT molecular complexity index is 758. The van der Waals surface area contributed by atoms with Gasteiger partial charge in [-0.1, -0.05) is 12.1 Å². The molecule has 2 atom stereocenters. The quantitative estimate of drug-likeness (QED) is 0.766. The Morgan fingerprint density at radius 1 is 1.11 bits per heavy atom.